The Balaban J connectivity index is 2.59. The third-order valence-electron chi connectivity index (χ3n) is 5.37. The largest absolute Gasteiger partial charge is 0.493 e. The summed E-state index contributed by atoms with van der Waals surface area (Å²) >= 11 is 0. The second-order valence-corrected chi connectivity index (χ2v) is 8.47. The average Bonchev–Trinajstić information content (AvgIpc) is 2.78. The molecule has 0 spiro atoms. The van der Waals surface area contributed by atoms with Gasteiger partial charge in [-0.3, -0.25) is 0 Å². The number of esters is 1. The molecule has 32 heavy (non-hydrogen) atoms. The highest BCUT2D eigenvalue weighted by Gasteiger charge is 2.09. The summed E-state index contributed by atoms with van der Waals surface area (Å²) in [4.78, 5) is 12.1. The van der Waals surface area contributed by atoms with Crippen LogP contribution in [0.2, 0.25) is 0 Å². The molecule has 4 nitrogen and oxygen atoms in total. The zero-order valence-electron chi connectivity index (χ0n) is 20.9. The lowest BCUT2D eigenvalue weighted by atomic mass is 10.0. The van der Waals surface area contributed by atoms with Crippen LogP contribution in [0.15, 0.2) is 47.6 Å². The minimum atomic E-state index is -0.312. The van der Waals surface area contributed by atoms with Gasteiger partial charge in [-0.2, -0.15) is 0 Å². The van der Waals surface area contributed by atoms with Crippen molar-refractivity contribution in [3.63, 3.8) is 0 Å². The minimum Gasteiger partial charge on any atom is -0.493 e. The van der Waals surface area contributed by atoms with Crippen molar-refractivity contribution in [2.45, 2.75) is 73.1 Å². The Bertz CT molecular complexity index is 770. The average molecular weight is 443 g/mol. The van der Waals surface area contributed by atoms with Gasteiger partial charge in [-0.25, -0.2) is 4.79 Å². The maximum absolute atomic E-state index is 12.1. The van der Waals surface area contributed by atoms with Crippen LogP contribution in [0.25, 0.3) is 6.08 Å². The molecule has 0 saturated heterocycles. The maximum Gasteiger partial charge on any atom is 0.330 e. The topological polar surface area (TPSA) is 44.8 Å². The van der Waals surface area contributed by atoms with Crippen LogP contribution in [0.3, 0.4) is 0 Å². The maximum atomic E-state index is 12.1. The van der Waals surface area contributed by atoms with E-state index < -0.39 is 0 Å². The van der Waals surface area contributed by atoms with Crippen LogP contribution in [-0.4, -0.2) is 26.3 Å². The first-order valence-corrected chi connectivity index (χ1v) is 11.8. The number of methoxy groups -OCH3 is 1. The predicted octanol–water partition coefficient (Wildman–Crippen LogP) is 7.54. The van der Waals surface area contributed by atoms with Gasteiger partial charge in [-0.1, -0.05) is 56.4 Å². The van der Waals surface area contributed by atoms with Gasteiger partial charge in [0.1, 0.15) is 6.61 Å². The molecule has 1 aromatic rings. The Morgan fingerprint density at radius 2 is 1.88 bits per heavy atom. The first-order valence-electron chi connectivity index (χ1n) is 11.8. The normalized spacial score (nSPS) is 12.5. The number of hydrogen-bond acceptors (Lipinski definition) is 4. The lowest BCUT2D eigenvalue weighted by Crippen LogP contribution is -2.12. The Kier molecular flexibility index (Phi) is 13.9. The molecule has 0 saturated carbocycles. The Hall–Kier alpha value is -2.49. The molecule has 0 N–H and O–H groups in total. The Labute approximate surface area is 195 Å². The van der Waals surface area contributed by atoms with Crippen LogP contribution in [0.1, 0.15) is 78.7 Å². The molecule has 0 bridgehead atoms. The van der Waals surface area contributed by atoms with E-state index in [9.17, 15) is 4.79 Å². The van der Waals surface area contributed by atoms with Crippen molar-refractivity contribution in [2.24, 2.45) is 5.92 Å². The molecule has 0 aliphatic rings. The van der Waals surface area contributed by atoms with Crippen LogP contribution in [0.5, 0.6) is 11.5 Å². The van der Waals surface area contributed by atoms with E-state index in [2.05, 4.69) is 46.8 Å². The van der Waals surface area contributed by atoms with Crippen molar-refractivity contribution >= 4 is 12.0 Å². The van der Waals surface area contributed by atoms with Gasteiger partial charge in [0.25, 0.3) is 0 Å². The fourth-order valence-corrected chi connectivity index (χ4v) is 3.18. The lowest BCUT2D eigenvalue weighted by molar-refractivity contribution is -0.139. The lowest BCUT2D eigenvalue weighted by Gasteiger charge is -2.13. The molecule has 1 rings (SSSR count). The molecular formula is C28H42O4. The van der Waals surface area contributed by atoms with Crippen molar-refractivity contribution in [1.82, 2.24) is 0 Å². The summed E-state index contributed by atoms with van der Waals surface area (Å²) < 4.78 is 16.8. The van der Waals surface area contributed by atoms with E-state index in [0.29, 0.717) is 30.6 Å². The number of carbonyl (C=O) groups excluding carboxylic acids is 1. The Morgan fingerprint density at radius 1 is 1.09 bits per heavy atom. The number of rotatable bonds is 15. The number of hydrogen-bond donors (Lipinski definition) is 0. The molecule has 1 unspecified atom stereocenters. The number of unbranched alkanes of at least 4 members (excludes halogenated alkanes) is 1. The van der Waals surface area contributed by atoms with E-state index in [-0.39, 0.29) is 5.97 Å². The van der Waals surface area contributed by atoms with E-state index in [0.717, 1.165) is 37.7 Å². The molecular weight excluding hydrogens is 400 g/mol. The predicted molar refractivity (Wildman–Crippen MR) is 134 cm³/mol. The van der Waals surface area contributed by atoms with Crippen LogP contribution >= 0.6 is 0 Å². The van der Waals surface area contributed by atoms with Crippen molar-refractivity contribution in [2.75, 3.05) is 20.3 Å². The molecule has 0 radical (unpaired) electrons. The van der Waals surface area contributed by atoms with Crippen molar-refractivity contribution in [3.05, 3.63) is 53.1 Å². The standard InChI is InChI=1S/C28H42O4/c1-7-9-13-24(8-2)21-32-28(29)17-15-25-14-16-26(27(20-25)30-6)31-19-18-23(5)12-10-11-22(3)4/h11,14-18,20,24H,7-10,12-13,19,21H2,1-6H3/b17-15?,23-18+. The van der Waals surface area contributed by atoms with Gasteiger partial charge in [0.2, 0.25) is 0 Å². The fourth-order valence-electron chi connectivity index (χ4n) is 3.18. The summed E-state index contributed by atoms with van der Waals surface area (Å²) in [6.45, 7) is 11.7. The highest BCUT2D eigenvalue weighted by Crippen LogP contribution is 2.28. The number of benzene rings is 1. The first kappa shape index (κ1) is 27.5. The van der Waals surface area contributed by atoms with E-state index in [1.54, 1.807) is 13.2 Å². The van der Waals surface area contributed by atoms with E-state index in [1.807, 2.05) is 18.2 Å². The first-order chi connectivity index (χ1) is 15.4. The summed E-state index contributed by atoms with van der Waals surface area (Å²) in [5.74, 6) is 1.45. The molecule has 0 fully saturated rings. The van der Waals surface area contributed by atoms with Crippen LogP contribution < -0.4 is 9.47 Å². The molecule has 0 heterocycles. The van der Waals surface area contributed by atoms with Crippen molar-refractivity contribution in [1.29, 1.82) is 0 Å². The summed E-state index contributed by atoms with van der Waals surface area (Å²) in [7, 11) is 1.62. The van der Waals surface area contributed by atoms with Crippen LogP contribution in [0.4, 0.5) is 0 Å². The quantitative estimate of drug-likeness (QED) is 0.160. The van der Waals surface area contributed by atoms with Gasteiger partial charge in [-0.05, 0) is 75.8 Å². The molecule has 1 atom stereocenters. The van der Waals surface area contributed by atoms with Crippen LogP contribution in [0, 0.1) is 5.92 Å². The van der Waals surface area contributed by atoms with Gasteiger partial charge in [0, 0.05) is 6.08 Å². The molecule has 0 amide bonds. The fraction of sp³-hybridized carbons (Fsp3) is 0.536. The monoisotopic (exact) mass is 442 g/mol. The van der Waals surface area contributed by atoms with Gasteiger partial charge >= 0.3 is 5.97 Å². The molecule has 0 aliphatic heterocycles. The number of carbonyl (C=O) groups is 1. The summed E-state index contributed by atoms with van der Waals surface area (Å²) in [5.41, 5.74) is 3.51. The summed E-state index contributed by atoms with van der Waals surface area (Å²) in [6.07, 6.45) is 14.1. The third kappa shape index (κ3) is 11.8. The van der Waals surface area contributed by atoms with Gasteiger partial charge < -0.3 is 14.2 Å². The van der Waals surface area contributed by atoms with Crippen molar-refractivity contribution in [3.8, 4) is 11.5 Å². The summed E-state index contributed by atoms with van der Waals surface area (Å²) in [5, 5.41) is 0. The smallest absolute Gasteiger partial charge is 0.330 e. The zero-order valence-corrected chi connectivity index (χ0v) is 20.9. The molecule has 4 heteroatoms. The molecule has 0 aromatic heterocycles. The SMILES string of the molecule is CCCCC(CC)COC(=O)C=Cc1ccc(OC/C=C(\C)CCC=C(C)C)c(OC)c1. The highest BCUT2D eigenvalue weighted by atomic mass is 16.5. The third-order valence-corrected chi connectivity index (χ3v) is 5.37. The zero-order chi connectivity index (χ0) is 23.8. The van der Waals surface area contributed by atoms with E-state index in [1.165, 1.54) is 23.6 Å². The number of allylic oxidation sites excluding steroid dienone is 3. The summed E-state index contributed by atoms with van der Waals surface area (Å²) in [6, 6.07) is 5.64. The molecule has 0 aliphatic carbocycles. The molecule has 1 aromatic carbocycles. The van der Waals surface area contributed by atoms with E-state index in [4.69, 9.17) is 14.2 Å². The second-order valence-electron chi connectivity index (χ2n) is 8.47. The van der Waals surface area contributed by atoms with Gasteiger partial charge in [0.05, 0.1) is 13.7 Å². The van der Waals surface area contributed by atoms with E-state index >= 15 is 0 Å². The minimum absolute atomic E-state index is 0.312. The van der Waals surface area contributed by atoms with Crippen LogP contribution in [-0.2, 0) is 9.53 Å². The second kappa shape index (κ2) is 16.2. The van der Waals surface area contributed by atoms with Crippen molar-refractivity contribution < 1.29 is 19.0 Å². The Morgan fingerprint density at radius 3 is 2.53 bits per heavy atom. The number of ether oxygens (including phenoxy) is 3. The van der Waals surface area contributed by atoms with Gasteiger partial charge in [0.15, 0.2) is 11.5 Å². The van der Waals surface area contributed by atoms with Gasteiger partial charge in [-0.15, -0.1) is 0 Å². The molecule has 178 valence electrons. The highest BCUT2D eigenvalue weighted by molar-refractivity contribution is 5.87.